The summed E-state index contributed by atoms with van der Waals surface area (Å²) in [5.74, 6) is 0.125. The molecule has 1 aliphatic carbocycles. The third-order valence-electron chi connectivity index (χ3n) is 6.55. The number of benzene rings is 2. The van der Waals surface area contributed by atoms with Crippen molar-refractivity contribution in [2.75, 3.05) is 35.7 Å². The minimum absolute atomic E-state index is 0.0660. The summed E-state index contributed by atoms with van der Waals surface area (Å²) in [7, 11) is 1.43. The van der Waals surface area contributed by atoms with Crippen LogP contribution in [-0.4, -0.2) is 31.0 Å². The van der Waals surface area contributed by atoms with E-state index in [-0.39, 0.29) is 17.3 Å². The van der Waals surface area contributed by atoms with Crippen LogP contribution in [0.3, 0.4) is 0 Å². The zero-order valence-corrected chi connectivity index (χ0v) is 18.5. The molecule has 2 N–H and O–H groups in total. The smallest absolute Gasteiger partial charge is 0.310 e. The molecule has 170 valence electrons. The number of allylic oxidation sites excluding steroid dienone is 2. The number of ether oxygens (including phenoxy) is 1. The summed E-state index contributed by atoms with van der Waals surface area (Å²) in [6.45, 7) is 2.09. The lowest BCUT2D eigenvalue weighted by molar-refractivity contribution is -0.385. The maximum Gasteiger partial charge on any atom is 0.310 e. The van der Waals surface area contributed by atoms with Gasteiger partial charge in [0.05, 0.1) is 23.4 Å². The molecule has 33 heavy (non-hydrogen) atoms. The summed E-state index contributed by atoms with van der Waals surface area (Å²) < 4.78 is 5.23. The average molecular weight is 447 g/mol. The molecule has 1 fully saturated rings. The van der Waals surface area contributed by atoms with Gasteiger partial charge >= 0.3 is 5.69 Å². The number of carbonyl (C=O) groups is 1. The highest BCUT2D eigenvalue weighted by Gasteiger charge is 2.26. The van der Waals surface area contributed by atoms with Gasteiger partial charge in [-0.2, -0.15) is 0 Å². The first-order chi connectivity index (χ1) is 16.0. The Balaban J connectivity index is 1.48. The summed E-state index contributed by atoms with van der Waals surface area (Å²) in [6, 6.07) is 11.0. The third kappa shape index (κ3) is 4.04. The highest BCUT2D eigenvalue weighted by atomic mass is 16.6. The van der Waals surface area contributed by atoms with Crippen LogP contribution in [0.15, 0.2) is 53.7 Å². The molecular formula is C25H26N4O4. The van der Waals surface area contributed by atoms with Crippen molar-refractivity contribution in [2.45, 2.75) is 32.1 Å². The number of methoxy groups -OCH3 is 1. The number of nitrogens with one attached hydrogen (secondary N) is 2. The topological polar surface area (TPSA) is 96.7 Å². The fraction of sp³-hybridized carbons (Fsp3) is 0.320. The summed E-state index contributed by atoms with van der Waals surface area (Å²) in [5, 5.41) is 17.8. The Morgan fingerprint density at radius 3 is 2.58 bits per heavy atom. The number of nitrogens with zero attached hydrogens (tertiary/aromatic N) is 2. The Morgan fingerprint density at radius 2 is 1.82 bits per heavy atom. The van der Waals surface area contributed by atoms with Crippen molar-refractivity contribution in [3.05, 3.63) is 69.4 Å². The molecule has 1 amide bonds. The van der Waals surface area contributed by atoms with Gasteiger partial charge in [0.15, 0.2) is 5.75 Å². The van der Waals surface area contributed by atoms with E-state index in [9.17, 15) is 14.9 Å². The standard InChI is InChI=1S/C25H26N4O4/c1-33-24-14-17(6-10-23(24)29(31)32)16-5-8-19-21(13-16)26-22-15-18(28-11-3-2-4-12-28)7-9-20(22)27-25(19)30/h6-7,9-10,13-15,26H,2-5,8,11-12H2,1H3,(H,27,30). The van der Waals surface area contributed by atoms with E-state index in [2.05, 4.69) is 27.7 Å². The van der Waals surface area contributed by atoms with Crippen LogP contribution < -0.4 is 20.3 Å². The molecule has 1 saturated heterocycles. The minimum atomic E-state index is -0.452. The van der Waals surface area contributed by atoms with E-state index in [4.69, 9.17) is 4.74 Å². The summed E-state index contributed by atoms with van der Waals surface area (Å²) in [6.07, 6.45) is 6.87. The van der Waals surface area contributed by atoms with Crippen LogP contribution in [0.4, 0.5) is 22.7 Å². The molecule has 0 aromatic heterocycles. The van der Waals surface area contributed by atoms with Crippen molar-refractivity contribution in [1.82, 2.24) is 0 Å². The van der Waals surface area contributed by atoms with Crippen molar-refractivity contribution in [3.63, 3.8) is 0 Å². The fourth-order valence-corrected chi connectivity index (χ4v) is 4.77. The van der Waals surface area contributed by atoms with Crippen LogP contribution >= 0.6 is 0 Å². The van der Waals surface area contributed by atoms with E-state index in [1.54, 1.807) is 12.1 Å². The molecule has 5 rings (SSSR count). The molecule has 0 unspecified atom stereocenters. The number of piperidine rings is 1. The number of anilines is 3. The Labute approximate surface area is 192 Å². The molecule has 2 aromatic rings. The lowest BCUT2D eigenvalue weighted by Gasteiger charge is -2.29. The number of nitro groups is 1. The van der Waals surface area contributed by atoms with Crippen molar-refractivity contribution in [1.29, 1.82) is 0 Å². The summed E-state index contributed by atoms with van der Waals surface area (Å²) >= 11 is 0. The van der Waals surface area contributed by atoms with Gasteiger partial charge in [0, 0.05) is 36.1 Å². The Bertz CT molecular complexity index is 1190. The molecule has 3 aliphatic rings. The first-order valence-corrected chi connectivity index (χ1v) is 11.3. The molecule has 2 heterocycles. The van der Waals surface area contributed by atoms with Gasteiger partial charge < -0.3 is 20.3 Å². The Kier molecular flexibility index (Phi) is 5.50. The van der Waals surface area contributed by atoms with Crippen LogP contribution in [-0.2, 0) is 4.79 Å². The SMILES string of the molecule is COc1cc(C2=CC3=C(CC2)C(=O)Nc2ccc(N4CCCCC4)cc2N3)ccc1[N+](=O)[O-]. The maximum absolute atomic E-state index is 12.9. The predicted octanol–water partition coefficient (Wildman–Crippen LogP) is 5.09. The average Bonchev–Trinajstić information content (AvgIpc) is 2.98. The van der Waals surface area contributed by atoms with Crippen molar-refractivity contribution < 1.29 is 14.5 Å². The normalized spacial score (nSPS) is 17.8. The monoisotopic (exact) mass is 446 g/mol. The highest BCUT2D eigenvalue weighted by Crippen LogP contribution is 2.39. The zero-order chi connectivity index (χ0) is 22.9. The summed E-state index contributed by atoms with van der Waals surface area (Å²) in [5.41, 5.74) is 6.04. The Morgan fingerprint density at radius 1 is 1.00 bits per heavy atom. The van der Waals surface area contributed by atoms with Gasteiger partial charge in [-0.1, -0.05) is 0 Å². The van der Waals surface area contributed by atoms with Crippen LogP contribution in [0.2, 0.25) is 0 Å². The van der Waals surface area contributed by atoms with Crippen molar-refractivity contribution in [3.8, 4) is 5.75 Å². The van der Waals surface area contributed by atoms with Crippen molar-refractivity contribution >= 4 is 34.2 Å². The highest BCUT2D eigenvalue weighted by molar-refractivity contribution is 6.09. The number of amides is 1. The summed E-state index contributed by atoms with van der Waals surface area (Å²) in [4.78, 5) is 26.1. The second-order valence-electron chi connectivity index (χ2n) is 8.56. The van der Waals surface area contributed by atoms with Gasteiger partial charge in [0.2, 0.25) is 0 Å². The van der Waals surface area contributed by atoms with Gasteiger partial charge in [-0.3, -0.25) is 14.9 Å². The maximum atomic E-state index is 12.9. The number of hydrogen-bond donors (Lipinski definition) is 2. The second-order valence-corrected chi connectivity index (χ2v) is 8.56. The third-order valence-corrected chi connectivity index (χ3v) is 6.55. The van der Waals surface area contributed by atoms with Gasteiger partial charge in [-0.15, -0.1) is 0 Å². The number of carbonyl (C=O) groups excluding carboxylic acids is 1. The number of fused-ring (bicyclic) bond motifs is 1. The minimum Gasteiger partial charge on any atom is -0.490 e. The van der Waals surface area contributed by atoms with E-state index in [0.29, 0.717) is 18.4 Å². The fourth-order valence-electron chi connectivity index (χ4n) is 4.77. The molecule has 0 spiro atoms. The lowest BCUT2D eigenvalue weighted by Crippen LogP contribution is -2.29. The van der Waals surface area contributed by atoms with Crippen LogP contribution in [0.1, 0.15) is 37.7 Å². The molecular weight excluding hydrogens is 420 g/mol. The molecule has 0 saturated carbocycles. The molecule has 2 aliphatic heterocycles. The van der Waals surface area contributed by atoms with Crippen LogP contribution in [0.5, 0.6) is 5.75 Å². The molecule has 0 bridgehead atoms. The van der Waals surface area contributed by atoms with Gasteiger partial charge in [0.25, 0.3) is 5.91 Å². The van der Waals surface area contributed by atoms with E-state index < -0.39 is 4.92 Å². The van der Waals surface area contributed by atoms with E-state index in [1.165, 1.54) is 32.4 Å². The Hall–Kier alpha value is -3.81. The molecule has 8 heteroatoms. The largest absolute Gasteiger partial charge is 0.490 e. The van der Waals surface area contributed by atoms with Crippen LogP contribution in [0.25, 0.3) is 5.57 Å². The molecule has 0 atom stereocenters. The van der Waals surface area contributed by atoms with Crippen molar-refractivity contribution in [2.24, 2.45) is 0 Å². The van der Waals surface area contributed by atoms with Gasteiger partial charge in [-0.25, -0.2) is 0 Å². The first-order valence-electron chi connectivity index (χ1n) is 11.3. The van der Waals surface area contributed by atoms with E-state index in [0.717, 1.165) is 47.0 Å². The zero-order valence-electron chi connectivity index (χ0n) is 18.5. The van der Waals surface area contributed by atoms with Gasteiger partial charge in [-0.05, 0) is 79.6 Å². The number of nitro benzene ring substituents is 1. The number of rotatable bonds is 4. The molecule has 0 radical (unpaired) electrons. The van der Waals surface area contributed by atoms with Crippen LogP contribution in [0, 0.1) is 10.1 Å². The van der Waals surface area contributed by atoms with E-state index >= 15 is 0 Å². The first kappa shape index (κ1) is 21.1. The quantitative estimate of drug-likeness (QED) is 0.502. The molecule has 2 aromatic carbocycles. The van der Waals surface area contributed by atoms with E-state index in [1.807, 2.05) is 12.1 Å². The molecule has 8 nitrogen and oxygen atoms in total. The predicted molar refractivity (Wildman–Crippen MR) is 129 cm³/mol. The number of hydrogen-bond acceptors (Lipinski definition) is 6. The second kappa shape index (κ2) is 8.61. The lowest BCUT2D eigenvalue weighted by atomic mass is 9.90. The van der Waals surface area contributed by atoms with Gasteiger partial charge in [0.1, 0.15) is 0 Å².